The van der Waals surface area contributed by atoms with E-state index in [2.05, 4.69) is 6.58 Å². The molecule has 1 aromatic heterocycles. The Morgan fingerprint density at radius 1 is 1.47 bits per heavy atom. The summed E-state index contributed by atoms with van der Waals surface area (Å²) in [7, 11) is 0. The van der Waals surface area contributed by atoms with Crippen molar-refractivity contribution in [2.45, 2.75) is 13.5 Å². The first-order chi connectivity index (χ1) is 8.06. The predicted octanol–water partition coefficient (Wildman–Crippen LogP) is 1.94. The van der Waals surface area contributed by atoms with Crippen LogP contribution in [0.15, 0.2) is 29.6 Å². The fourth-order valence-electron chi connectivity index (χ4n) is 1.91. The molecule has 1 N–H and O–H groups in total. The zero-order chi connectivity index (χ0) is 12.6. The standard InChI is InChI=1S/C12H13ClN2O2/c1-8(2)15-10-4-3-9(13)7-11(10)14(5-6-16)12(15)17/h3-4,7,16H,1,5-6H2,2H3. The molecule has 0 spiro atoms. The van der Waals surface area contributed by atoms with E-state index in [-0.39, 0.29) is 18.8 Å². The van der Waals surface area contributed by atoms with Gasteiger partial charge in [-0.1, -0.05) is 18.2 Å². The first-order valence-corrected chi connectivity index (χ1v) is 5.61. The lowest BCUT2D eigenvalue weighted by atomic mass is 10.3. The summed E-state index contributed by atoms with van der Waals surface area (Å²) in [5, 5.41) is 9.55. The SMILES string of the molecule is C=C(C)n1c(=O)n(CCO)c2cc(Cl)ccc21. The van der Waals surface area contributed by atoms with Crippen LogP contribution in [-0.2, 0) is 6.54 Å². The quantitative estimate of drug-likeness (QED) is 0.908. The molecule has 2 rings (SSSR count). The average molecular weight is 253 g/mol. The monoisotopic (exact) mass is 252 g/mol. The third kappa shape index (κ3) is 1.90. The molecule has 0 unspecified atom stereocenters. The molecule has 1 aromatic carbocycles. The number of allylic oxidation sites excluding steroid dienone is 1. The summed E-state index contributed by atoms with van der Waals surface area (Å²) in [4.78, 5) is 12.1. The van der Waals surface area contributed by atoms with Crippen molar-refractivity contribution < 1.29 is 5.11 Å². The van der Waals surface area contributed by atoms with Gasteiger partial charge in [0.15, 0.2) is 0 Å². The van der Waals surface area contributed by atoms with Gasteiger partial charge in [0, 0.05) is 10.7 Å². The van der Waals surface area contributed by atoms with E-state index in [4.69, 9.17) is 16.7 Å². The highest BCUT2D eigenvalue weighted by molar-refractivity contribution is 6.31. The molecule has 5 heteroatoms. The van der Waals surface area contributed by atoms with Crippen molar-refractivity contribution in [3.8, 4) is 0 Å². The van der Waals surface area contributed by atoms with Crippen LogP contribution in [-0.4, -0.2) is 20.8 Å². The summed E-state index contributed by atoms with van der Waals surface area (Å²) >= 11 is 5.92. The first kappa shape index (κ1) is 12.0. The molecule has 0 fully saturated rings. The second-order valence-electron chi connectivity index (χ2n) is 3.86. The van der Waals surface area contributed by atoms with Crippen molar-refractivity contribution in [3.63, 3.8) is 0 Å². The summed E-state index contributed by atoms with van der Waals surface area (Å²) in [6.07, 6.45) is 0. The lowest BCUT2D eigenvalue weighted by molar-refractivity contribution is 0.276. The van der Waals surface area contributed by atoms with Crippen molar-refractivity contribution in [3.05, 3.63) is 40.3 Å². The van der Waals surface area contributed by atoms with Gasteiger partial charge in [0.25, 0.3) is 0 Å². The maximum absolute atomic E-state index is 12.1. The van der Waals surface area contributed by atoms with Crippen molar-refractivity contribution >= 4 is 28.3 Å². The van der Waals surface area contributed by atoms with E-state index in [1.54, 1.807) is 25.1 Å². The number of hydrogen-bond donors (Lipinski definition) is 1. The fourth-order valence-corrected chi connectivity index (χ4v) is 2.08. The largest absolute Gasteiger partial charge is 0.395 e. The molecule has 0 bridgehead atoms. The predicted molar refractivity (Wildman–Crippen MR) is 69.3 cm³/mol. The number of aliphatic hydroxyl groups is 1. The van der Waals surface area contributed by atoms with Gasteiger partial charge >= 0.3 is 5.69 Å². The van der Waals surface area contributed by atoms with E-state index in [1.807, 2.05) is 0 Å². The van der Waals surface area contributed by atoms with Gasteiger partial charge in [0.2, 0.25) is 0 Å². The number of halogens is 1. The molecule has 4 nitrogen and oxygen atoms in total. The highest BCUT2D eigenvalue weighted by atomic mass is 35.5. The van der Waals surface area contributed by atoms with Crippen molar-refractivity contribution in [1.29, 1.82) is 0 Å². The normalized spacial score (nSPS) is 11.0. The van der Waals surface area contributed by atoms with Crippen LogP contribution < -0.4 is 5.69 Å². The Bertz CT molecular complexity index is 640. The average Bonchev–Trinajstić information content (AvgIpc) is 2.53. The minimum Gasteiger partial charge on any atom is -0.395 e. The maximum atomic E-state index is 12.1. The lowest BCUT2D eigenvalue weighted by Gasteiger charge is -1.99. The van der Waals surface area contributed by atoms with E-state index in [0.717, 1.165) is 5.52 Å². The Hall–Kier alpha value is -1.52. The second kappa shape index (κ2) is 4.39. The Morgan fingerprint density at radius 3 is 2.76 bits per heavy atom. The van der Waals surface area contributed by atoms with E-state index < -0.39 is 0 Å². The van der Waals surface area contributed by atoms with Gasteiger partial charge in [-0.2, -0.15) is 0 Å². The zero-order valence-corrected chi connectivity index (χ0v) is 10.2. The third-order valence-corrected chi connectivity index (χ3v) is 2.83. The summed E-state index contributed by atoms with van der Waals surface area (Å²) in [5.41, 5.74) is 1.89. The van der Waals surface area contributed by atoms with Crippen LogP contribution in [0.25, 0.3) is 16.7 Å². The number of nitrogens with zero attached hydrogens (tertiary/aromatic N) is 2. The second-order valence-corrected chi connectivity index (χ2v) is 4.30. The Balaban J connectivity index is 2.88. The van der Waals surface area contributed by atoms with Gasteiger partial charge in [-0.3, -0.25) is 9.13 Å². The molecular weight excluding hydrogens is 240 g/mol. The van der Waals surface area contributed by atoms with E-state index in [9.17, 15) is 4.79 Å². The topological polar surface area (TPSA) is 47.2 Å². The number of imidazole rings is 1. The van der Waals surface area contributed by atoms with Crippen molar-refractivity contribution in [2.24, 2.45) is 0 Å². The molecular formula is C12H13ClN2O2. The number of aliphatic hydroxyl groups excluding tert-OH is 1. The molecule has 0 saturated carbocycles. The molecule has 0 saturated heterocycles. The fraction of sp³-hybridized carbons (Fsp3) is 0.250. The summed E-state index contributed by atoms with van der Waals surface area (Å²) in [6, 6.07) is 5.22. The molecule has 0 atom stereocenters. The number of hydrogen-bond acceptors (Lipinski definition) is 2. The van der Waals surface area contributed by atoms with Crippen molar-refractivity contribution in [2.75, 3.05) is 6.61 Å². The minimum atomic E-state index is -0.205. The number of aromatic nitrogens is 2. The van der Waals surface area contributed by atoms with E-state index in [0.29, 0.717) is 16.2 Å². The van der Waals surface area contributed by atoms with Crippen LogP contribution in [0.5, 0.6) is 0 Å². The summed E-state index contributed by atoms with van der Waals surface area (Å²) in [6.45, 7) is 5.70. The van der Waals surface area contributed by atoms with Crippen LogP contribution in [0.1, 0.15) is 6.92 Å². The Labute approximate surface area is 103 Å². The van der Waals surface area contributed by atoms with Gasteiger partial charge in [0.1, 0.15) is 0 Å². The van der Waals surface area contributed by atoms with Gasteiger partial charge in [-0.05, 0) is 25.1 Å². The first-order valence-electron chi connectivity index (χ1n) is 5.24. The number of fused-ring (bicyclic) bond motifs is 1. The third-order valence-electron chi connectivity index (χ3n) is 2.60. The maximum Gasteiger partial charge on any atom is 0.333 e. The number of benzene rings is 1. The van der Waals surface area contributed by atoms with Gasteiger partial charge in [0.05, 0.1) is 24.2 Å². The summed E-state index contributed by atoms with van der Waals surface area (Å²) < 4.78 is 3.01. The van der Waals surface area contributed by atoms with Crippen LogP contribution >= 0.6 is 11.6 Å². The van der Waals surface area contributed by atoms with Crippen molar-refractivity contribution in [1.82, 2.24) is 9.13 Å². The molecule has 0 aliphatic carbocycles. The van der Waals surface area contributed by atoms with E-state index in [1.165, 1.54) is 9.13 Å². The molecule has 90 valence electrons. The van der Waals surface area contributed by atoms with E-state index >= 15 is 0 Å². The molecule has 0 radical (unpaired) electrons. The molecule has 0 aliphatic rings. The molecule has 1 heterocycles. The number of rotatable bonds is 3. The van der Waals surface area contributed by atoms with Gasteiger partial charge in [-0.25, -0.2) is 4.79 Å². The molecule has 0 aliphatic heterocycles. The Kier molecular flexibility index (Phi) is 3.09. The lowest BCUT2D eigenvalue weighted by Crippen LogP contribution is -2.24. The van der Waals surface area contributed by atoms with Gasteiger partial charge in [-0.15, -0.1) is 0 Å². The Morgan fingerprint density at radius 2 is 2.18 bits per heavy atom. The molecule has 2 aromatic rings. The highest BCUT2D eigenvalue weighted by Gasteiger charge is 2.13. The van der Waals surface area contributed by atoms with Crippen LogP contribution in [0.4, 0.5) is 0 Å². The molecule has 17 heavy (non-hydrogen) atoms. The van der Waals surface area contributed by atoms with Crippen LogP contribution in [0, 0.1) is 0 Å². The molecule has 0 amide bonds. The summed E-state index contributed by atoms with van der Waals surface area (Å²) in [5.74, 6) is 0. The minimum absolute atomic E-state index is 0.0955. The van der Waals surface area contributed by atoms with Gasteiger partial charge < -0.3 is 5.11 Å². The van der Waals surface area contributed by atoms with Crippen LogP contribution in [0.2, 0.25) is 5.02 Å². The smallest absolute Gasteiger partial charge is 0.333 e. The zero-order valence-electron chi connectivity index (χ0n) is 9.48. The van der Waals surface area contributed by atoms with Crippen LogP contribution in [0.3, 0.4) is 0 Å². The highest BCUT2D eigenvalue weighted by Crippen LogP contribution is 2.20.